The van der Waals surface area contributed by atoms with Crippen molar-refractivity contribution in [2.45, 2.75) is 5.92 Å². The fourth-order valence-electron chi connectivity index (χ4n) is 2.44. The first kappa shape index (κ1) is 11.4. The molecule has 0 aliphatic carbocycles. The summed E-state index contributed by atoms with van der Waals surface area (Å²) in [6, 6.07) is 12.1. The van der Waals surface area contributed by atoms with Gasteiger partial charge in [0.1, 0.15) is 12.0 Å². The van der Waals surface area contributed by atoms with Crippen LogP contribution in [0.3, 0.4) is 0 Å². The number of hydrogen-bond donors (Lipinski definition) is 1. The third kappa shape index (κ3) is 1.67. The highest BCUT2D eigenvalue weighted by Gasteiger charge is 2.29. The van der Waals surface area contributed by atoms with E-state index in [1.807, 2.05) is 24.3 Å². The van der Waals surface area contributed by atoms with Gasteiger partial charge < -0.3 is 10.1 Å². The standard InChI is InChI=1S/C14H10N2O3/c17-8-11-9-4-1-2-6-12(9)15-14-10(11)5-3-7-13(14)16(18)19/h1-8,11,15H. The molecule has 0 spiro atoms. The van der Waals surface area contributed by atoms with E-state index in [0.29, 0.717) is 11.3 Å². The van der Waals surface area contributed by atoms with E-state index in [9.17, 15) is 14.9 Å². The Hall–Kier alpha value is -2.69. The van der Waals surface area contributed by atoms with Crippen LogP contribution < -0.4 is 5.32 Å². The lowest BCUT2D eigenvalue weighted by molar-refractivity contribution is -0.384. The first-order valence-corrected chi connectivity index (χ1v) is 5.81. The average molecular weight is 254 g/mol. The predicted molar refractivity (Wildman–Crippen MR) is 70.7 cm³/mol. The molecule has 0 saturated heterocycles. The number of carbonyl (C=O) groups excluding carboxylic acids is 1. The second kappa shape index (κ2) is 4.20. The zero-order chi connectivity index (χ0) is 13.4. The van der Waals surface area contributed by atoms with Crippen LogP contribution in [0.5, 0.6) is 0 Å². The van der Waals surface area contributed by atoms with E-state index < -0.39 is 10.8 Å². The van der Waals surface area contributed by atoms with Crippen molar-refractivity contribution in [1.82, 2.24) is 0 Å². The zero-order valence-corrected chi connectivity index (χ0v) is 9.87. The maximum atomic E-state index is 11.4. The number of nitro benzene ring substituents is 1. The van der Waals surface area contributed by atoms with E-state index in [4.69, 9.17) is 0 Å². The number of para-hydroxylation sites is 2. The molecule has 5 nitrogen and oxygen atoms in total. The fraction of sp³-hybridized carbons (Fsp3) is 0.0714. The summed E-state index contributed by atoms with van der Waals surface area (Å²) in [7, 11) is 0. The van der Waals surface area contributed by atoms with Crippen LogP contribution in [0.15, 0.2) is 42.5 Å². The number of aldehydes is 1. The Morgan fingerprint density at radius 1 is 1.11 bits per heavy atom. The van der Waals surface area contributed by atoms with Crippen molar-refractivity contribution in [3.05, 3.63) is 63.7 Å². The Morgan fingerprint density at radius 2 is 1.84 bits per heavy atom. The number of fused-ring (bicyclic) bond motifs is 2. The molecule has 0 amide bonds. The molecule has 1 heterocycles. The molecule has 19 heavy (non-hydrogen) atoms. The molecule has 2 aromatic rings. The molecule has 0 radical (unpaired) electrons. The Balaban J connectivity index is 2.25. The molecule has 2 aromatic carbocycles. The van der Waals surface area contributed by atoms with Crippen LogP contribution in [-0.4, -0.2) is 11.2 Å². The first-order valence-electron chi connectivity index (χ1n) is 5.81. The van der Waals surface area contributed by atoms with Crippen LogP contribution in [0.2, 0.25) is 0 Å². The molecule has 5 heteroatoms. The molecule has 1 aliphatic rings. The van der Waals surface area contributed by atoms with Gasteiger partial charge in [-0.15, -0.1) is 0 Å². The van der Waals surface area contributed by atoms with Crippen molar-refractivity contribution in [2.24, 2.45) is 0 Å². The van der Waals surface area contributed by atoms with Gasteiger partial charge in [0.2, 0.25) is 0 Å². The molecule has 0 saturated carbocycles. The minimum atomic E-state index is -0.465. The normalized spacial score (nSPS) is 15.9. The monoisotopic (exact) mass is 254 g/mol. The van der Waals surface area contributed by atoms with Gasteiger partial charge in [0.05, 0.1) is 10.8 Å². The van der Waals surface area contributed by atoms with Crippen LogP contribution in [0.4, 0.5) is 17.1 Å². The minimum absolute atomic E-state index is 0.0150. The van der Waals surface area contributed by atoms with E-state index >= 15 is 0 Å². The van der Waals surface area contributed by atoms with Crippen molar-refractivity contribution in [1.29, 1.82) is 0 Å². The molecule has 0 bridgehead atoms. The SMILES string of the molecule is O=CC1c2ccccc2Nc2c1cccc2[N+](=O)[O-]. The fourth-order valence-corrected chi connectivity index (χ4v) is 2.44. The number of hydrogen-bond acceptors (Lipinski definition) is 4. The summed E-state index contributed by atoms with van der Waals surface area (Å²) in [5, 5.41) is 14.1. The van der Waals surface area contributed by atoms with Crippen molar-refractivity contribution in [2.75, 3.05) is 5.32 Å². The maximum Gasteiger partial charge on any atom is 0.292 e. The molecule has 0 fully saturated rings. The van der Waals surface area contributed by atoms with E-state index in [1.54, 1.807) is 12.1 Å². The van der Waals surface area contributed by atoms with E-state index in [0.717, 1.165) is 17.5 Å². The van der Waals surface area contributed by atoms with Gasteiger partial charge in [0, 0.05) is 11.8 Å². The summed E-state index contributed by atoms with van der Waals surface area (Å²) in [6.45, 7) is 0. The molecule has 1 aliphatic heterocycles. The van der Waals surface area contributed by atoms with Crippen LogP contribution in [0.1, 0.15) is 17.0 Å². The van der Waals surface area contributed by atoms with Gasteiger partial charge in [0.15, 0.2) is 0 Å². The number of carbonyl (C=O) groups is 1. The molecule has 3 rings (SSSR count). The Bertz CT molecular complexity index is 682. The van der Waals surface area contributed by atoms with Gasteiger partial charge in [-0.25, -0.2) is 0 Å². The topological polar surface area (TPSA) is 72.2 Å². The maximum absolute atomic E-state index is 11.4. The molecule has 1 atom stereocenters. The Labute approximate surface area is 109 Å². The number of nitrogens with zero attached hydrogens (tertiary/aromatic N) is 1. The highest BCUT2D eigenvalue weighted by molar-refractivity contribution is 5.87. The number of anilines is 2. The number of nitrogens with one attached hydrogen (secondary N) is 1. The van der Waals surface area contributed by atoms with Crippen LogP contribution in [-0.2, 0) is 4.79 Å². The molecule has 0 aromatic heterocycles. The Kier molecular flexibility index (Phi) is 2.52. The highest BCUT2D eigenvalue weighted by Crippen LogP contribution is 2.43. The van der Waals surface area contributed by atoms with Gasteiger partial charge >= 0.3 is 0 Å². The minimum Gasteiger partial charge on any atom is -0.349 e. The van der Waals surface area contributed by atoms with Crippen LogP contribution in [0, 0.1) is 10.1 Å². The zero-order valence-electron chi connectivity index (χ0n) is 9.87. The highest BCUT2D eigenvalue weighted by atomic mass is 16.6. The first-order chi connectivity index (χ1) is 9.22. The molecule has 1 N–H and O–H groups in total. The van der Waals surface area contributed by atoms with E-state index in [1.165, 1.54) is 6.07 Å². The number of nitro groups is 1. The third-order valence-electron chi connectivity index (χ3n) is 3.30. The summed E-state index contributed by atoms with van der Waals surface area (Å²) < 4.78 is 0. The predicted octanol–water partition coefficient (Wildman–Crippen LogP) is 2.98. The van der Waals surface area contributed by atoms with Gasteiger partial charge in [-0.2, -0.15) is 0 Å². The van der Waals surface area contributed by atoms with Crippen molar-refractivity contribution in [3.8, 4) is 0 Å². The van der Waals surface area contributed by atoms with Gasteiger partial charge in [-0.05, 0) is 17.2 Å². The second-order valence-corrected chi connectivity index (χ2v) is 4.32. The quantitative estimate of drug-likeness (QED) is 0.508. The lowest BCUT2D eigenvalue weighted by Crippen LogP contribution is -2.15. The van der Waals surface area contributed by atoms with E-state index in [2.05, 4.69) is 5.32 Å². The molecule has 1 unspecified atom stereocenters. The van der Waals surface area contributed by atoms with Crippen LogP contribution in [0.25, 0.3) is 0 Å². The van der Waals surface area contributed by atoms with Crippen molar-refractivity contribution < 1.29 is 9.72 Å². The molecular weight excluding hydrogens is 244 g/mol. The average Bonchev–Trinajstić information content (AvgIpc) is 2.43. The van der Waals surface area contributed by atoms with Crippen molar-refractivity contribution >= 4 is 23.3 Å². The van der Waals surface area contributed by atoms with Crippen LogP contribution >= 0.6 is 0 Å². The third-order valence-corrected chi connectivity index (χ3v) is 3.30. The van der Waals surface area contributed by atoms with Gasteiger partial charge in [0.25, 0.3) is 5.69 Å². The summed E-state index contributed by atoms with van der Waals surface area (Å²) in [5.74, 6) is -0.465. The van der Waals surface area contributed by atoms with Crippen molar-refractivity contribution in [3.63, 3.8) is 0 Å². The van der Waals surface area contributed by atoms with Gasteiger partial charge in [-0.1, -0.05) is 30.3 Å². The molecular formula is C14H10N2O3. The summed E-state index contributed by atoms with van der Waals surface area (Å²) >= 11 is 0. The van der Waals surface area contributed by atoms with Gasteiger partial charge in [-0.3, -0.25) is 10.1 Å². The second-order valence-electron chi connectivity index (χ2n) is 4.32. The Morgan fingerprint density at radius 3 is 2.58 bits per heavy atom. The molecule has 94 valence electrons. The number of rotatable bonds is 2. The summed E-state index contributed by atoms with van der Waals surface area (Å²) in [4.78, 5) is 22.0. The lowest BCUT2D eigenvalue weighted by Gasteiger charge is -2.25. The summed E-state index contributed by atoms with van der Waals surface area (Å²) in [5.41, 5.74) is 2.61. The summed E-state index contributed by atoms with van der Waals surface area (Å²) in [6.07, 6.45) is 0.822. The number of benzene rings is 2. The largest absolute Gasteiger partial charge is 0.349 e. The lowest BCUT2D eigenvalue weighted by atomic mass is 9.86. The van der Waals surface area contributed by atoms with E-state index in [-0.39, 0.29) is 5.69 Å². The smallest absolute Gasteiger partial charge is 0.292 e.